The van der Waals surface area contributed by atoms with E-state index in [-0.39, 0.29) is 29.6 Å². The second-order valence-corrected chi connectivity index (χ2v) is 7.46. The molecule has 1 aliphatic heterocycles. The molecule has 0 aliphatic carbocycles. The molecule has 0 saturated heterocycles. The second-order valence-electron chi connectivity index (χ2n) is 7.46. The summed E-state index contributed by atoms with van der Waals surface area (Å²) in [5.41, 5.74) is 1.08. The van der Waals surface area contributed by atoms with Gasteiger partial charge in [0.05, 0.1) is 11.4 Å². The Labute approximate surface area is 170 Å². The number of aromatic nitrogens is 4. The van der Waals surface area contributed by atoms with Crippen LogP contribution in [0.25, 0.3) is 22.4 Å². The standard InChI is InChI=1S/C22H19N5O3/c1-13-7-3-5-9-15(13)26-18(23)17-19-24(21(26)29)11-12-25(19)22(30)27(20(17)28)16-10-6-4-8-14(16)2/h3-10,23H,11-12H2,1-2H3. The van der Waals surface area contributed by atoms with E-state index in [0.29, 0.717) is 11.4 Å². The number of hydrogen-bond donors (Lipinski definition) is 1. The maximum absolute atomic E-state index is 13.5. The summed E-state index contributed by atoms with van der Waals surface area (Å²) in [7, 11) is 0. The number of rotatable bonds is 2. The van der Waals surface area contributed by atoms with E-state index in [2.05, 4.69) is 0 Å². The van der Waals surface area contributed by atoms with Gasteiger partial charge in [-0.05, 0) is 37.1 Å². The minimum atomic E-state index is -0.594. The summed E-state index contributed by atoms with van der Waals surface area (Å²) in [4.78, 5) is 40.0. The average Bonchev–Trinajstić information content (AvgIpc) is 3.16. The molecule has 30 heavy (non-hydrogen) atoms. The van der Waals surface area contributed by atoms with Gasteiger partial charge in [0.25, 0.3) is 5.56 Å². The molecule has 1 N–H and O–H groups in total. The van der Waals surface area contributed by atoms with Crippen molar-refractivity contribution >= 4 is 11.0 Å². The van der Waals surface area contributed by atoms with Crippen molar-refractivity contribution in [3.05, 3.63) is 96.5 Å². The molecule has 5 rings (SSSR count). The van der Waals surface area contributed by atoms with Crippen molar-refractivity contribution in [1.29, 1.82) is 5.41 Å². The molecule has 0 atom stereocenters. The minimum absolute atomic E-state index is 0.0539. The molecule has 0 fully saturated rings. The predicted molar refractivity (Wildman–Crippen MR) is 113 cm³/mol. The molecule has 0 unspecified atom stereocenters. The Morgan fingerprint density at radius 2 is 1.20 bits per heavy atom. The molecule has 150 valence electrons. The number of hydrogen-bond acceptors (Lipinski definition) is 4. The van der Waals surface area contributed by atoms with Gasteiger partial charge in [-0.15, -0.1) is 0 Å². The summed E-state index contributed by atoms with van der Waals surface area (Å²) in [5, 5.41) is 8.83. The fourth-order valence-electron chi connectivity index (χ4n) is 4.21. The van der Waals surface area contributed by atoms with E-state index in [1.807, 2.05) is 38.1 Å². The summed E-state index contributed by atoms with van der Waals surface area (Å²) >= 11 is 0. The van der Waals surface area contributed by atoms with Gasteiger partial charge in [0.2, 0.25) is 0 Å². The Morgan fingerprint density at radius 3 is 1.73 bits per heavy atom. The monoisotopic (exact) mass is 401 g/mol. The van der Waals surface area contributed by atoms with Crippen molar-refractivity contribution in [2.45, 2.75) is 26.9 Å². The van der Waals surface area contributed by atoms with Crippen molar-refractivity contribution in [1.82, 2.24) is 18.3 Å². The molecule has 8 nitrogen and oxygen atoms in total. The lowest BCUT2D eigenvalue weighted by atomic mass is 10.2. The van der Waals surface area contributed by atoms with Gasteiger partial charge in [0.1, 0.15) is 16.5 Å². The van der Waals surface area contributed by atoms with E-state index in [4.69, 9.17) is 5.41 Å². The van der Waals surface area contributed by atoms with Crippen LogP contribution in [-0.4, -0.2) is 18.3 Å². The molecule has 2 aromatic carbocycles. The van der Waals surface area contributed by atoms with Gasteiger partial charge in [0, 0.05) is 13.1 Å². The molecule has 2 aromatic heterocycles. The van der Waals surface area contributed by atoms with E-state index in [1.165, 1.54) is 13.7 Å². The van der Waals surface area contributed by atoms with Crippen LogP contribution in [-0.2, 0) is 13.1 Å². The molecule has 0 spiro atoms. The van der Waals surface area contributed by atoms with Crippen molar-refractivity contribution < 1.29 is 0 Å². The van der Waals surface area contributed by atoms with Gasteiger partial charge in [-0.3, -0.25) is 19.3 Å². The largest absolute Gasteiger partial charge is 0.337 e. The van der Waals surface area contributed by atoms with E-state index >= 15 is 0 Å². The van der Waals surface area contributed by atoms with E-state index in [1.54, 1.807) is 24.3 Å². The third kappa shape index (κ3) is 2.27. The highest BCUT2D eigenvalue weighted by molar-refractivity contribution is 5.74. The van der Waals surface area contributed by atoms with Crippen molar-refractivity contribution in [2.75, 3.05) is 0 Å². The normalized spacial score (nSPS) is 12.6. The Balaban J connectivity index is 2.03. The molecule has 0 saturated carbocycles. The number of para-hydroxylation sites is 2. The van der Waals surface area contributed by atoms with Gasteiger partial charge < -0.3 is 0 Å². The van der Waals surface area contributed by atoms with Gasteiger partial charge in [-0.25, -0.2) is 18.7 Å². The van der Waals surface area contributed by atoms with Crippen LogP contribution in [0.1, 0.15) is 11.1 Å². The third-order valence-electron chi connectivity index (χ3n) is 5.72. The fourth-order valence-corrected chi connectivity index (χ4v) is 4.21. The van der Waals surface area contributed by atoms with Gasteiger partial charge in [-0.1, -0.05) is 36.4 Å². The Morgan fingerprint density at radius 1 is 0.733 bits per heavy atom. The summed E-state index contributed by atoms with van der Waals surface area (Å²) in [5.74, 6) is 0. The molecule has 0 radical (unpaired) electrons. The highest BCUT2D eigenvalue weighted by atomic mass is 16.2. The van der Waals surface area contributed by atoms with Gasteiger partial charge in [0.15, 0.2) is 0 Å². The topological polar surface area (TPSA) is 94.8 Å². The molecule has 0 amide bonds. The smallest absolute Gasteiger partial charge is 0.283 e. The fraction of sp³-hybridized carbons (Fsp3) is 0.182. The molecule has 1 aliphatic rings. The summed E-state index contributed by atoms with van der Waals surface area (Å²) in [6.45, 7) is 4.22. The lowest BCUT2D eigenvalue weighted by Gasteiger charge is -2.15. The van der Waals surface area contributed by atoms with E-state index < -0.39 is 16.9 Å². The zero-order valence-corrected chi connectivity index (χ0v) is 16.5. The first-order valence-electron chi connectivity index (χ1n) is 9.64. The lowest BCUT2D eigenvalue weighted by Crippen LogP contribution is -2.45. The number of nitrogens with one attached hydrogen (secondary N) is 1. The Bertz CT molecular complexity index is 1480. The Kier molecular flexibility index (Phi) is 3.79. The maximum Gasteiger partial charge on any atom is 0.337 e. The van der Waals surface area contributed by atoms with Gasteiger partial charge in [-0.2, -0.15) is 0 Å². The maximum atomic E-state index is 13.5. The van der Waals surface area contributed by atoms with Crippen molar-refractivity contribution in [3.63, 3.8) is 0 Å². The van der Waals surface area contributed by atoms with Gasteiger partial charge >= 0.3 is 11.4 Å². The summed E-state index contributed by atoms with van der Waals surface area (Å²) in [6, 6.07) is 14.4. The summed E-state index contributed by atoms with van der Waals surface area (Å²) < 4.78 is 5.20. The van der Waals surface area contributed by atoms with Crippen LogP contribution < -0.4 is 22.4 Å². The predicted octanol–water partition coefficient (Wildman–Crippen LogP) is 1.21. The first-order valence-corrected chi connectivity index (χ1v) is 9.64. The second kappa shape index (κ2) is 6.28. The molecule has 8 heteroatoms. The number of nitrogens with zero attached hydrogens (tertiary/aromatic N) is 4. The van der Waals surface area contributed by atoms with Crippen LogP contribution in [0.15, 0.2) is 62.9 Å². The molecular weight excluding hydrogens is 382 g/mol. The van der Waals surface area contributed by atoms with Crippen molar-refractivity contribution in [3.8, 4) is 11.4 Å². The first-order chi connectivity index (χ1) is 14.4. The van der Waals surface area contributed by atoms with E-state index in [9.17, 15) is 14.4 Å². The van der Waals surface area contributed by atoms with E-state index in [0.717, 1.165) is 15.7 Å². The van der Waals surface area contributed by atoms with Crippen molar-refractivity contribution in [2.24, 2.45) is 0 Å². The first kappa shape index (κ1) is 18.1. The highest BCUT2D eigenvalue weighted by Gasteiger charge is 2.26. The van der Waals surface area contributed by atoms with Crippen LogP contribution in [0, 0.1) is 19.3 Å². The zero-order valence-electron chi connectivity index (χ0n) is 16.5. The lowest BCUT2D eigenvalue weighted by molar-refractivity contribution is 0.624. The molecule has 0 bridgehead atoms. The Hall–Kier alpha value is -3.94. The number of aryl methyl sites for hydroxylation is 4. The molecule has 3 heterocycles. The third-order valence-corrected chi connectivity index (χ3v) is 5.72. The molecule has 4 aromatic rings. The van der Waals surface area contributed by atoms with Crippen LogP contribution in [0.4, 0.5) is 0 Å². The molecular formula is C22H19N5O3. The SMILES string of the molecule is Cc1ccccc1-n1c(=N)c2c(=O)n(-c3ccccc3C)c(=O)n3c2n(c1=O)CC3. The van der Waals surface area contributed by atoms with Crippen LogP contribution >= 0.6 is 0 Å². The zero-order chi connectivity index (χ0) is 21.2. The quantitative estimate of drug-likeness (QED) is 0.547. The minimum Gasteiger partial charge on any atom is -0.283 e. The average molecular weight is 401 g/mol. The van der Waals surface area contributed by atoms with Crippen LogP contribution in [0.5, 0.6) is 0 Å². The number of benzene rings is 2. The van der Waals surface area contributed by atoms with Crippen LogP contribution in [0.3, 0.4) is 0 Å². The summed E-state index contributed by atoms with van der Waals surface area (Å²) in [6.07, 6.45) is 0. The van der Waals surface area contributed by atoms with Crippen LogP contribution in [0.2, 0.25) is 0 Å². The highest BCUT2D eigenvalue weighted by Crippen LogP contribution is 2.16.